The Kier molecular flexibility index (Phi) is 4.67. The molecule has 0 fully saturated rings. The van der Waals surface area contributed by atoms with Gasteiger partial charge in [0.15, 0.2) is 12.4 Å². The van der Waals surface area contributed by atoms with Crippen molar-refractivity contribution in [2.45, 2.75) is 32.8 Å². The van der Waals surface area contributed by atoms with Crippen molar-refractivity contribution < 1.29 is 18.5 Å². The van der Waals surface area contributed by atoms with Crippen LogP contribution < -0.4 is 0 Å². The number of benzene rings is 1. The fourth-order valence-electron chi connectivity index (χ4n) is 3.95. The van der Waals surface area contributed by atoms with Gasteiger partial charge in [0.1, 0.15) is 5.76 Å². The van der Waals surface area contributed by atoms with E-state index in [1.165, 1.54) is 0 Å². The van der Waals surface area contributed by atoms with E-state index in [1.54, 1.807) is 12.3 Å². The summed E-state index contributed by atoms with van der Waals surface area (Å²) in [6.07, 6.45) is 6.24. The van der Waals surface area contributed by atoms with Crippen LogP contribution in [0.3, 0.4) is 0 Å². The van der Waals surface area contributed by atoms with Crippen LogP contribution in [0, 0.1) is 6.92 Å². The number of carbonyl (C=O) groups excluding carboxylic acids is 1. The number of hydrogen-bond donors (Lipinski definition) is 0. The van der Waals surface area contributed by atoms with Crippen LogP contribution in [0.4, 0.5) is 0 Å². The van der Waals surface area contributed by atoms with Crippen molar-refractivity contribution >= 4 is 28.5 Å². The van der Waals surface area contributed by atoms with Gasteiger partial charge in [0.2, 0.25) is 0 Å². The van der Waals surface area contributed by atoms with Gasteiger partial charge in [0.25, 0.3) is 0 Å². The largest absolute Gasteiger partial charge is 0.465 e. The summed E-state index contributed by atoms with van der Waals surface area (Å²) in [4.78, 5) is 18.1. The van der Waals surface area contributed by atoms with Gasteiger partial charge in [0, 0.05) is 11.5 Å². The molecule has 6 heteroatoms. The Bertz CT molecular complexity index is 1250. The van der Waals surface area contributed by atoms with Crippen LogP contribution in [0.5, 0.6) is 0 Å². The highest BCUT2D eigenvalue weighted by molar-refractivity contribution is 6.06. The first-order chi connectivity index (χ1) is 14.7. The number of rotatable bonds is 4. The predicted molar refractivity (Wildman–Crippen MR) is 112 cm³/mol. The minimum atomic E-state index is -0.377. The lowest BCUT2D eigenvalue weighted by Gasteiger charge is -2.22. The van der Waals surface area contributed by atoms with Crippen LogP contribution in [-0.2, 0) is 17.8 Å². The van der Waals surface area contributed by atoms with E-state index in [0.717, 1.165) is 58.5 Å². The van der Waals surface area contributed by atoms with Gasteiger partial charge in [-0.1, -0.05) is 23.4 Å². The van der Waals surface area contributed by atoms with Crippen LogP contribution in [0.25, 0.3) is 22.6 Å². The van der Waals surface area contributed by atoms with Crippen LogP contribution >= 0.6 is 0 Å². The molecule has 6 nitrogen and oxygen atoms in total. The molecule has 0 saturated carbocycles. The third-order valence-corrected chi connectivity index (χ3v) is 5.26. The van der Waals surface area contributed by atoms with Crippen LogP contribution in [-0.4, -0.2) is 16.1 Å². The van der Waals surface area contributed by atoms with E-state index >= 15 is 0 Å². The predicted octanol–water partition coefficient (Wildman–Crippen LogP) is 5.36. The van der Waals surface area contributed by atoms with E-state index in [2.05, 4.69) is 5.16 Å². The standard InChI is InChI=1S/C24H20N2O4/c1-15-12-18(30-26-15)14-29-24(27)22-19-8-2-3-10-21(19)25-23-16(6-4-9-20(22)23)13-17-7-5-11-28-17/h2-3,5,7-8,10-13H,4,6,9,14H2,1H3/b16-13+. The maximum atomic E-state index is 13.2. The van der Waals surface area contributed by atoms with Gasteiger partial charge in [-0.05, 0) is 61.6 Å². The molecule has 0 unspecified atom stereocenters. The summed E-state index contributed by atoms with van der Waals surface area (Å²) in [6, 6.07) is 13.2. The summed E-state index contributed by atoms with van der Waals surface area (Å²) in [7, 11) is 0. The molecule has 0 spiro atoms. The molecule has 5 rings (SSSR count). The highest BCUT2D eigenvalue weighted by Crippen LogP contribution is 2.36. The number of nitrogens with zero attached hydrogens (tertiary/aromatic N) is 2. The van der Waals surface area contributed by atoms with Crippen LogP contribution in [0.2, 0.25) is 0 Å². The molecule has 1 aromatic carbocycles. The minimum Gasteiger partial charge on any atom is -0.465 e. The second-order valence-electron chi connectivity index (χ2n) is 7.38. The van der Waals surface area contributed by atoms with Crippen molar-refractivity contribution in [1.29, 1.82) is 0 Å². The molecule has 3 aromatic heterocycles. The van der Waals surface area contributed by atoms with E-state index in [-0.39, 0.29) is 12.6 Å². The molecular weight excluding hydrogens is 380 g/mol. The maximum absolute atomic E-state index is 13.2. The molecular formula is C24H20N2O4. The Balaban J connectivity index is 1.59. The fourth-order valence-corrected chi connectivity index (χ4v) is 3.95. The van der Waals surface area contributed by atoms with Crippen LogP contribution in [0.15, 0.2) is 57.7 Å². The molecule has 0 saturated heterocycles. The van der Waals surface area contributed by atoms with E-state index in [9.17, 15) is 4.79 Å². The number of aromatic nitrogens is 2. The lowest BCUT2D eigenvalue weighted by atomic mass is 9.86. The lowest BCUT2D eigenvalue weighted by molar-refractivity contribution is 0.0438. The van der Waals surface area contributed by atoms with Crippen molar-refractivity contribution in [2.24, 2.45) is 0 Å². The van der Waals surface area contributed by atoms with Gasteiger partial charge < -0.3 is 13.7 Å². The first-order valence-corrected chi connectivity index (χ1v) is 9.94. The molecule has 3 heterocycles. The minimum absolute atomic E-state index is 0.0419. The fraction of sp³-hybridized carbons (Fsp3) is 0.208. The zero-order valence-corrected chi connectivity index (χ0v) is 16.6. The molecule has 0 amide bonds. The molecule has 1 aliphatic carbocycles. The average Bonchev–Trinajstić information content (AvgIpc) is 3.42. The number of ether oxygens (including phenoxy) is 1. The molecule has 0 aliphatic heterocycles. The van der Waals surface area contributed by atoms with Gasteiger partial charge in [-0.15, -0.1) is 0 Å². The highest BCUT2D eigenvalue weighted by Gasteiger charge is 2.26. The Hall–Kier alpha value is -3.67. The molecule has 4 aromatic rings. The number of esters is 1. The number of allylic oxidation sites excluding steroid dienone is 1. The monoisotopic (exact) mass is 400 g/mol. The van der Waals surface area contributed by atoms with E-state index < -0.39 is 0 Å². The number of furan rings is 1. The third-order valence-electron chi connectivity index (χ3n) is 5.26. The Morgan fingerprint density at radius 1 is 1.20 bits per heavy atom. The summed E-state index contributed by atoms with van der Waals surface area (Å²) in [5.74, 6) is 0.919. The smallest absolute Gasteiger partial charge is 0.339 e. The first-order valence-electron chi connectivity index (χ1n) is 9.94. The summed E-state index contributed by atoms with van der Waals surface area (Å²) in [6.45, 7) is 1.87. The van der Waals surface area contributed by atoms with Crippen molar-refractivity contribution in [3.05, 3.63) is 82.8 Å². The SMILES string of the molecule is Cc1cc(COC(=O)c2c3c(nc4ccccc24)/C(=C/c2ccco2)CCC3)on1. The molecule has 30 heavy (non-hydrogen) atoms. The van der Waals surface area contributed by atoms with Gasteiger partial charge in [-0.25, -0.2) is 9.78 Å². The van der Waals surface area contributed by atoms with Gasteiger partial charge in [-0.2, -0.15) is 0 Å². The quantitative estimate of drug-likeness (QED) is 0.429. The van der Waals surface area contributed by atoms with Gasteiger partial charge in [-0.3, -0.25) is 0 Å². The normalized spacial score (nSPS) is 14.8. The van der Waals surface area contributed by atoms with Crippen molar-refractivity contribution in [2.75, 3.05) is 0 Å². The first kappa shape index (κ1) is 18.4. The molecule has 150 valence electrons. The maximum Gasteiger partial charge on any atom is 0.339 e. The van der Waals surface area contributed by atoms with E-state index in [1.807, 2.05) is 49.4 Å². The molecule has 1 aliphatic rings. The number of aryl methyl sites for hydroxylation is 1. The zero-order valence-electron chi connectivity index (χ0n) is 16.6. The number of pyridine rings is 1. The topological polar surface area (TPSA) is 78.4 Å². The molecule has 0 bridgehead atoms. The Labute approximate surface area is 173 Å². The summed E-state index contributed by atoms with van der Waals surface area (Å²) in [5, 5.41) is 4.64. The number of para-hydroxylation sites is 1. The number of hydrogen-bond acceptors (Lipinski definition) is 6. The Morgan fingerprint density at radius 2 is 2.10 bits per heavy atom. The van der Waals surface area contributed by atoms with Crippen molar-refractivity contribution in [3.8, 4) is 0 Å². The van der Waals surface area contributed by atoms with Crippen molar-refractivity contribution in [1.82, 2.24) is 10.1 Å². The summed E-state index contributed by atoms with van der Waals surface area (Å²) >= 11 is 0. The lowest BCUT2D eigenvalue weighted by Crippen LogP contribution is -2.15. The van der Waals surface area contributed by atoms with Gasteiger partial charge >= 0.3 is 5.97 Å². The highest BCUT2D eigenvalue weighted by atomic mass is 16.5. The second kappa shape index (κ2) is 7.63. The summed E-state index contributed by atoms with van der Waals surface area (Å²) in [5.41, 5.74) is 4.94. The number of carbonyl (C=O) groups is 1. The second-order valence-corrected chi connectivity index (χ2v) is 7.38. The third kappa shape index (κ3) is 3.41. The molecule has 0 atom stereocenters. The summed E-state index contributed by atoms with van der Waals surface area (Å²) < 4.78 is 16.3. The Morgan fingerprint density at radius 3 is 2.90 bits per heavy atom. The number of fused-ring (bicyclic) bond motifs is 2. The van der Waals surface area contributed by atoms with Crippen molar-refractivity contribution in [3.63, 3.8) is 0 Å². The zero-order chi connectivity index (χ0) is 20.5. The average molecular weight is 400 g/mol. The van der Waals surface area contributed by atoms with E-state index in [0.29, 0.717) is 11.3 Å². The molecule has 0 radical (unpaired) electrons. The van der Waals surface area contributed by atoms with Crippen LogP contribution in [0.1, 0.15) is 51.7 Å². The molecule has 0 N–H and O–H groups in total. The van der Waals surface area contributed by atoms with E-state index in [4.69, 9.17) is 18.7 Å². The van der Waals surface area contributed by atoms with Gasteiger partial charge in [0.05, 0.1) is 28.7 Å².